The third kappa shape index (κ3) is 6.33. The van der Waals surface area contributed by atoms with Crippen molar-refractivity contribution in [1.29, 1.82) is 0 Å². The van der Waals surface area contributed by atoms with Crippen molar-refractivity contribution in [3.63, 3.8) is 0 Å². The Labute approximate surface area is 251 Å². The molecule has 2 aromatic heterocycles. The molecule has 0 aliphatic carbocycles. The first-order chi connectivity index (χ1) is 20.6. The molecule has 234 valence electrons. The molecule has 0 bridgehead atoms. The van der Waals surface area contributed by atoms with Crippen LogP contribution < -0.4 is 10.3 Å². The summed E-state index contributed by atoms with van der Waals surface area (Å²) in [5.74, 6) is 0.460. The van der Waals surface area contributed by atoms with E-state index in [4.69, 9.17) is 19.6 Å². The zero-order valence-electron chi connectivity index (χ0n) is 25.3. The number of aromatic amines is 1. The molecule has 13 nitrogen and oxygen atoms in total. The maximum atomic E-state index is 13.7. The highest BCUT2D eigenvalue weighted by Gasteiger charge is 2.31. The van der Waals surface area contributed by atoms with Gasteiger partial charge < -0.3 is 24.3 Å². The minimum Gasteiger partial charge on any atom is -0.493 e. The van der Waals surface area contributed by atoms with E-state index in [1.165, 1.54) is 21.1 Å². The molecule has 1 atom stereocenters. The van der Waals surface area contributed by atoms with Gasteiger partial charge in [-0.25, -0.2) is 18.1 Å². The lowest BCUT2D eigenvalue weighted by Gasteiger charge is -2.31. The van der Waals surface area contributed by atoms with Gasteiger partial charge in [0.05, 0.1) is 36.0 Å². The van der Waals surface area contributed by atoms with E-state index < -0.39 is 21.6 Å². The number of sulfonamides is 1. The molecule has 5 rings (SSSR count). The topological polar surface area (TPSA) is 143 Å². The predicted octanol–water partition coefficient (Wildman–Crippen LogP) is 1.88. The molecule has 1 amide bonds. The van der Waals surface area contributed by atoms with Crippen molar-refractivity contribution in [3.05, 3.63) is 34.2 Å². The van der Waals surface area contributed by atoms with Gasteiger partial charge in [0, 0.05) is 39.3 Å². The number of rotatable bonds is 10. The summed E-state index contributed by atoms with van der Waals surface area (Å²) in [5, 5.41) is 4.70. The van der Waals surface area contributed by atoms with E-state index in [1.807, 2.05) is 20.9 Å². The van der Waals surface area contributed by atoms with Crippen LogP contribution >= 0.6 is 0 Å². The summed E-state index contributed by atoms with van der Waals surface area (Å²) < 4.78 is 41.5. The van der Waals surface area contributed by atoms with Crippen molar-refractivity contribution in [1.82, 2.24) is 33.9 Å². The first-order valence-corrected chi connectivity index (χ1v) is 16.4. The molecule has 2 aliphatic rings. The number of H-pyrrole nitrogens is 1. The molecule has 0 spiro atoms. The second-order valence-corrected chi connectivity index (χ2v) is 13.0. The zero-order chi connectivity index (χ0) is 30.7. The van der Waals surface area contributed by atoms with Gasteiger partial charge >= 0.3 is 0 Å². The molecule has 2 saturated heterocycles. The summed E-state index contributed by atoms with van der Waals surface area (Å²) in [6, 6.07) is 3.97. The Hall–Kier alpha value is -3.33. The van der Waals surface area contributed by atoms with Crippen LogP contribution in [0.1, 0.15) is 45.3 Å². The molecule has 43 heavy (non-hydrogen) atoms. The lowest BCUT2D eigenvalue weighted by atomic mass is 10.1. The number of fused-ring (bicyclic) bond motifs is 1. The fourth-order valence-corrected chi connectivity index (χ4v) is 6.89. The number of amides is 1. The van der Waals surface area contributed by atoms with Crippen LogP contribution in [0, 0.1) is 0 Å². The summed E-state index contributed by atoms with van der Waals surface area (Å²) in [6.07, 6.45) is 2.05. The van der Waals surface area contributed by atoms with Gasteiger partial charge in [-0.1, -0.05) is 20.3 Å². The first kappa shape index (κ1) is 31.1. The number of aromatic nitrogens is 4. The summed E-state index contributed by atoms with van der Waals surface area (Å²) in [6.45, 7) is 10.1. The van der Waals surface area contributed by atoms with Gasteiger partial charge in [0.2, 0.25) is 15.9 Å². The van der Waals surface area contributed by atoms with Gasteiger partial charge in [0.25, 0.3) is 5.56 Å². The fourth-order valence-electron chi connectivity index (χ4n) is 5.44. The van der Waals surface area contributed by atoms with E-state index in [1.54, 1.807) is 17.9 Å². The molecule has 14 heteroatoms. The fraction of sp³-hybridized carbons (Fsp3) is 0.586. The molecule has 2 fully saturated rings. The number of ether oxygens (including phenoxy) is 2. The zero-order valence-corrected chi connectivity index (χ0v) is 26.2. The number of hydrogen-bond donors (Lipinski definition) is 1. The van der Waals surface area contributed by atoms with Crippen LogP contribution in [0.2, 0.25) is 0 Å². The van der Waals surface area contributed by atoms with Crippen molar-refractivity contribution in [2.75, 3.05) is 66.1 Å². The largest absolute Gasteiger partial charge is 0.493 e. The lowest BCUT2D eigenvalue weighted by molar-refractivity contribution is -0.138. The molecule has 1 aromatic carbocycles. The average Bonchev–Trinajstić information content (AvgIpc) is 3.38. The van der Waals surface area contributed by atoms with Gasteiger partial charge in [-0.2, -0.15) is 9.40 Å². The van der Waals surface area contributed by atoms with Gasteiger partial charge in [0.15, 0.2) is 5.52 Å². The molecular formula is C29H41N7O6S. The average molecular weight is 616 g/mol. The molecular weight excluding hydrogens is 574 g/mol. The van der Waals surface area contributed by atoms with Crippen LogP contribution in [-0.2, 0) is 26.0 Å². The van der Waals surface area contributed by atoms with Crippen LogP contribution in [0.25, 0.3) is 22.4 Å². The number of likely N-dealkylation sites (N-methyl/N-ethyl adjacent to an activating group) is 1. The van der Waals surface area contributed by atoms with Crippen LogP contribution in [0.4, 0.5) is 0 Å². The molecule has 0 radical (unpaired) electrons. The predicted molar refractivity (Wildman–Crippen MR) is 162 cm³/mol. The van der Waals surface area contributed by atoms with E-state index in [0.29, 0.717) is 88.0 Å². The minimum absolute atomic E-state index is 0.104. The Kier molecular flexibility index (Phi) is 9.49. The third-order valence-electron chi connectivity index (χ3n) is 7.93. The van der Waals surface area contributed by atoms with E-state index in [9.17, 15) is 18.0 Å². The summed E-state index contributed by atoms with van der Waals surface area (Å²) in [4.78, 5) is 38.7. The van der Waals surface area contributed by atoms with Crippen molar-refractivity contribution in [2.45, 2.75) is 51.0 Å². The SMILES string of the molecule is CCCOc1ccc(S(=O)(=O)N2CCN(C)CC2)cc1-c1nc2c(CCC)nn([C@H](C)C(=O)N3CCOCC3)c2c(=O)[nH]1. The number of benzene rings is 1. The molecule has 0 saturated carbocycles. The van der Waals surface area contributed by atoms with Gasteiger partial charge in [-0.05, 0) is 45.0 Å². The van der Waals surface area contributed by atoms with Crippen LogP contribution in [0.3, 0.4) is 0 Å². The number of aryl methyl sites for hydroxylation is 1. The highest BCUT2D eigenvalue weighted by atomic mass is 32.2. The number of nitrogens with zero attached hydrogens (tertiary/aromatic N) is 6. The van der Waals surface area contributed by atoms with Crippen LogP contribution in [0.5, 0.6) is 5.75 Å². The second-order valence-electron chi connectivity index (χ2n) is 11.1. The van der Waals surface area contributed by atoms with Gasteiger partial charge in [-0.15, -0.1) is 0 Å². The van der Waals surface area contributed by atoms with E-state index in [2.05, 4.69) is 9.88 Å². The van der Waals surface area contributed by atoms with Crippen LogP contribution in [-0.4, -0.2) is 114 Å². The second kappa shape index (κ2) is 13.1. The molecule has 0 unspecified atom stereocenters. The van der Waals surface area contributed by atoms with Gasteiger partial charge in [0.1, 0.15) is 23.1 Å². The Morgan fingerprint density at radius 1 is 1.09 bits per heavy atom. The number of hydrogen-bond acceptors (Lipinski definition) is 9. The third-order valence-corrected chi connectivity index (χ3v) is 9.82. The lowest BCUT2D eigenvalue weighted by Crippen LogP contribution is -2.47. The molecule has 1 N–H and O–H groups in total. The summed E-state index contributed by atoms with van der Waals surface area (Å²) in [5.41, 5.74) is 1.10. The normalized spacial score (nSPS) is 17.8. The summed E-state index contributed by atoms with van der Waals surface area (Å²) in [7, 11) is -1.82. The summed E-state index contributed by atoms with van der Waals surface area (Å²) >= 11 is 0. The van der Waals surface area contributed by atoms with E-state index in [0.717, 1.165) is 12.8 Å². The first-order valence-electron chi connectivity index (χ1n) is 15.0. The smallest absolute Gasteiger partial charge is 0.277 e. The van der Waals surface area contributed by atoms with Crippen molar-refractivity contribution in [2.24, 2.45) is 0 Å². The quantitative estimate of drug-likeness (QED) is 0.362. The maximum absolute atomic E-state index is 13.7. The molecule has 4 heterocycles. The number of morpholine rings is 1. The van der Waals surface area contributed by atoms with Crippen molar-refractivity contribution < 1.29 is 22.7 Å². The number of piperazine rings is 1. The van der Waals surface area contributed by atoms with Crippen LogP contribution in [0.15, 0.2) is 27.9 Å². The Bertz CT molecular complexity index is 1620. The molecule has 2 aliphatic heterocycles. The number of nitrogens with one attached hydrogen (secondary N) is 1. The van der Waals surface area contributed by atoms with E-state index >= 15 is 0 Å². The van der Waals surface area contributed by atoms with Crippen molar-refractivity contribution >= 4 is 27.0 Å². The number of carbonyl (C=O) groups is 1. The number of carbonyl (C=O) groups excluding carboxylic acids is 1. The maximum Gasteiger partial charge on any atom is 0.277 e. The van der Waals surface area contributed by atoms with Crippen molar-refractivity contribution in [3.8, 4) is 17.1 Å². The van der Waals surface area contributed by atoms with E-state index in [-0.39, 0.29) is 22.1 Å². The highest BCUT2D eigenvalue weighted by molar-refractivity contribution is 7.89. The molecule has 3 aromatic rings. The Morgan fingerprint density at radius 3 is 2.49 bits per heavy atom. The highest BCUT2D eigenvalue weighted by Crippen LogP contribution is 2.33. The monoisotopic (exact) mass is 615 g/mol. The Morgan fingerprint density at radius 2 is 1.81 bits per heavy atom. The Balaban J connectivity index is 1.60. The van der Waals surface area contributed by atoms with Gasteiger partial charge in [-0.3, -0.25) is 9.59 Å². The minimum atomic E-state index is -3.79. The standard InChI is InChI=1S/C29H41N7O6S/c1-5-7-23-25-26(36(32-23)20(3)29(38)34-14-17-41-18-15-34)28(37)31-27(30-25)22-19-21(8-9-24(22)42-16-6-2)43(39,40)35-12-10-33(4)11-13-35/h8-9,19-20H,5-7,10-18H2,1-4H3,(H,30,31,37)/t20-/m1/s1.